The Hall–Kier alpha value is -1.18. The number of piperazine rings is 1. The van der Waals surface area contributed by atoms with Gasteiger partial charge in [-0.25, -0.2) is 4.98 Å². The fourth-order valence-electron chi connectivity index (χ4n) is 2.10. The van der Waals surface area contributed by atoms with E-state index in [1.807, 2.05) is 12.3 Å². The van der Waals surface area contributed by atoms with Crippen molar-refractivity contribution in [1.29, 1.82) is 0 Å². The minimum absolute atomic E-state index is 0.0520. The van der Waals surface area contributed by atoms with Gasteiger partial charge in [-0.2, -0.15) is 0 Å². The van der Waals surface area contributed by atoms with E-state index in [-0.39, 0.29) is 11.9 Å². The van der Waals surface area contributed by atoms with Gasteiger partial charge in [0.1, 0.15) is 0 Å². The Bertz CT molecular complexity index is 428. The molecule has 1 aromatic rings. The SMILES string of the molecule is CC(C(=O)NCc1csc(N)n1)N1CCN(C)CC1. The molecule has 1 amide bonds. The standard InChI is InChI=1S/C12H21N5OS/c1-9(17-5-3-16(2)4-6-17)11(18)14-7-10-8-19-12(13)15-10/h8-9H,3-7H2,1-2H3,(H2,13,15)(H,14,18). The van der Waals surface area contributed by atoms with Crippen LogP contribution in [0, 0.1) is 0 Å². The Morgan fingerprint density at radius 2 is 2.21 bits per heavy atom. The van der Waals surface area contributed by atoms with Crippen LogP contribution in [0.4, 0.5) is 5.13 Å². The van der Waals surface area contributed by atoms with Crippen LogP contribution in [0.3, 0.4) is 0 Å². The number of aromatic nitrogens is 1. The molecule has 1 unspecified atom stereocenters. The molecule has 2 rings (SSSR count). The van der Waals surface area contributed by atoms with Crippen molar-refractivity contribution in [1.82, 2.24) is 20.1 Å². The molecule has 0 aliphatic carbocycles. The summed E-state index contributed by atoms with van der Waals surface area (Å²) in [6, 6.07) is -0.0929. The number of anilines is 1. The number of thiazole rings is 1. The Balaban J connectivity index is 1.79. The summed E-state index contributed by atoms with van der Waals surface area (Å²) in [6.07, 6.45) is 0. The zero-order valence-corrected chi connectivity index (χ0v) is 12.2. The molecule has 0 aromatic carbocycles. The second-order valence-corrected chi connectivity index (χ2v) is 5.80. The second-order valence-electron chi connectivity index (χ2n) is 4.91. The summed E-state index contributed by atoms with van der Waals surface area (Å²) < 4.78 is 0. The Kier molecular flexibility index (Phi) is 4.73. The summed E-state index contributed by atoms with van der Waals surface area (Å²) >= 11 is 1.39. The molecule has 1 aliphatic rings. The molecule has 19 heavy (non-hydrogen) atoms. The maximum atomic E-state index is 12.1. The topological polar surface area (TPSA) is 74.5 Å². The Morgan fingerprint density at radius 1 is 1.53 bits per heavy atom. The second kappa shape index (κ2) is 6.31. The van der Waals surface area contributed by atoms with Gasteiger partial charge in [-0.1, -0.05) is 0 Å². The Labute approximate surface area is 117 Å². The van der Waals surface area contributed by atoms with E-state index in [1.54, 1.807) is 0 Å². The first-order valence-corrected chi connectivity index (χ1v) is 7.34. The predicted molar refractivity (Wildman–Crippen MR) is 76.9 cm³/mol. The fraction of sp³-hybridized carbons (Fsp3) is 0.667. The van der Waals surface area contributed by atoms with Crippen molar-refractivity contribution in [3.8, 4) is 0 Å². The van der Waals surface area contributed by atoms with Crippen LogP contribution in [0.25, 0.3) is 0 Å². The smallest absolute Gasteiger partial charge is 0.237 e. The molecule has 0 radical (unpaired) electrons. The largest absolute Gasteiger partial charge is 0.375 e. The van der Waals surface area contributed by atoms with E-state index in [1.165, 1.54) is 11.3 Å². The van der Waals surface area contributed by atoms with Gasteiger partial charge in [-0.15, -0.1) is 11.3 Å². The summed E-state index contributed by atoms with van der Waals surface area (Å²) in [7, 11) is 2.11. The van der Waals surface area contributed by atoms with E-state index >= 15 is 0 Å². The van der Waals surface area contributed by atoms with Crippen LogP contribution in [0.15, 0.2) is 5.38 Å². The molecule has 0 spiro atoms. The van der Waals surface area contributed by atoms with Gasteiger partial charge < -0.3 is 16.0 Å². The van der Waals surface area contributed by atoms with Gasteiger partial charge in [0.05, 0.1) is 18.3 Å². The summed E-state index contributed by atoms with van der Waals surface area (Å²) in [4.78, 5) is 20.7. The van der Waals surface area contributed by atoms with E-state index in [0.29, 0.717) is 11.7 Å². The Morgan fingerprint density at radius 3 is 2.79 bits per heavy atom. The number of hydrogen-bond donors (Lipinski definition) is 2. The molecule has 3 N–H and O–H groups in total. The number of nitrogens with one attached hydrogen (secondary N) is 1. The molecule has 2 heterocycles. The molecule has 7 heteroatoms. The van der Waals surface area contributed by atoms with Crippen LogP contribution in [-0.4, -0.2) is 60.0 Å². The normalized spacial score (nSPS) is 19.3. The number of carbonyl (C=O) groups is 1. The third kappa shape index (κ3) is 3.89. The highest BCUT2D eigenvalue weighted by atomic mass is 32.1. The first kappa shape index (κ1) is 14.2. The molecule has 106 valence electrons. The van der Waals surface area contributed by atoms with E-state index in [4.69, 9.17) is 5.73 Å². The fourth-order valence-corrected chi connectivity index (χ4v) is 2.67. The van der Waals surface area contributed by atoms with Crippen LogP contribution >= 0.6 is 11.3 Å². The van der Waals surface area contributed by atoms with Crippen LogP contribution < -0.4 is 11.1 Å². The lowest BCUT2D eigenvalue weighted by Crippen LogP contribution is -2.52. The zero-order chi connectivity index (χ0) is 13.8. The number of hydrogen-bond acceptors (Lipinski definition) is 6. The van der Waals surface area contributed by atoms with Gasteiger partial charge in [-0.05, 0) is 14.0 Å². The van der Waals surface area contributed by atoms with E-state index in [2.05, 4.69) is 27.1 Å². The van der Waals surface area contributed by atoms with Crippen LogP contribution in [0.5, 0.6) is 0 Å². The number of nitrogens with two attached hydrogens (primary N) is 1. The lowest BCUT2D eigenvalue weighted by molar-refractivity contribution is -0.126. The van der Waals surface area contributed by atoms with Gasteiger partial charge in [0.25, 0.3) is 0 Å². The number of amides is 1. The summed E-state index contributed by atoms with van der Waals surface area (Å²) in [6.45, 7) is 6.31. The van der Waals surface area contributed by atoms with Gasteiger partial charge in [-0.3, -0.25) is 9.69 Å². The lowest BCUT2D eigenvalue weighted by atomic mass is 10.2. The summed E-state index contributed by atoms with van der Waals surface area (Å²) in [5, 5.41) is 5.32. The number of rotatable bonds is 4. The van der Waals surface area contributed by atoms with E-state index in [9.17, 15) is 4.79 Å². The molecule has 6 nitrogen and oxygen atoms in total. The average molecular weight is 283 g/mol. The minimum Gasteiger partial charge on any atom is -0.375 e. The highest BCUT2D eigenvalue weighted by molar-refractivity contribution is 7.13. The highest BCUT2D eigenvalue weighted by Crippen LogP contribution is 2.11. The third-order valence-corrected chi connectivity index (χ3v) is 4.20. The third-order valence-electron chi connectivity index (χ3n) is 3.48. The molecule has 1 aromatic heterocycles. The molecule has 1 aliphatic heterocycles. The predicted octanol–water partition coefficient (Wildman–Crippen LogP) is -0.0226. The molecule has 0 saturated carbocycles. The lowest BCUT2D eigenvalue weighted by Gasteiger charge is -2.35. The maximum Gasteiger partial charge on any atom is 0.237 e. The first-order chi connectivity index (χ1) is 9.06. The van der Waals surface area contributed by atoms with Crippen molar-refractivity contribution in [2.75, 3.05) is 39.0 Å². The number of nitrogens with zero attached hydrogens (tertiary/aromatic N) is 3. The van der Waals surface area contributed by atoms with Crippen molar-refractivity contribution >= 4 is 22.4 Å². The number of likely N-dealkylation sites (N-methyl/N-ethyl adjacent to an activating group) is 1. The molecule has 1 fully saturated rings. The van der Waals surface area contributed by atoms with Crippen molar-refractivity contribution in [3.05, 3.63) is 11.1 Å². The molecule has 1 saturated heterocycles. The van der Waals surface area contributed by atoms with E-state index < -0.39 is 0 Å². The number of carbonyl (C=O) groups excluding carboxylic acids is 1. The van der Waals surface area contributed by atoms with Gasteiger partial charge >= 0.3 is 0 Å². The quantitative estimate of drug-likeness (QED) is 0.812. The van der Waals surface area contributed by atoms with Crippen molar-refractivity contribution in [3.63, 3.8) is 0 Å². The molecular formula is C12H21N5OS. The van der Waals surface area contributed by atoms with Gasteiger partial charge in [0.2, 0.25) is 5.91 Å². The molecular weight excluding hydrogens is 262 g/mol. The van der Waals surface area contributed by atoms with Crippen molar-refractivity contribution in [2.24, 2.45) is 0 Å². The monoisotopic (exact) mass is 283 g/mol. The van der Waals surface area contributed by atoms with Crippen LogP contribution in [-0.2, 0) is 11.3 Å². The van der Waals surface area contributed by atoms with Gasteiger partial charge in [0.15, 0.2) is 5.13 Å². The van der Waals surface area contributed by atoms with Crippen molar-refractivity contribution in [2.45, 2.75) is 19.5 Å². The van der Waals surface area contributed by atoms with Crippen molar-refractivity contribution < 1.29 is 4.79 Å². The minimum atomic E-state index is -0.0929. The first-order valence-electron chi connectivity index (χ1n) is 6.46. The number of nitrogen functional groups attached to an aromatic ring is 1. The average Bonchev–Trinajstić information content (AvgIpc) is 2.82. The summed E-state index contributed by atoms with van der Waals surface area (Å²) in [5.41, 5.74) is 6.38. The van der Waals surface area contributed by atoms with E-state index in [0.717, 1.165) is 31.9 Å². The van der Waals surface area contributed by atoms with Crippen LogP contribution in [0.1, 0.15) is 12.6 Å². The maximum absolute atomic E-state index is 12.1. The van der Waals surface area contributed by atoms with Gasteiger partial charge in [0, 0.05) is 31.6 Å². The molecule has 0 bridgehead atoms. The zero-order valence-electron chi connectivity index (χ0n) is 11.4. The summed E-state index contributed by atoms with van der Waals surface area (Å²) in [5.74, 6) is 0.0520. The van der Waals surface area contributed by atoms with Crippen LogP contribution in [0.2, 0.25) is 0 Å². The highest BCUT2D eigenvalue weighted by Gasteiger charge is 2.24. The molecule has 1 atom stereocenters.